The number of benzene rings is 1. The molecule has 0 bridgehead atoms. The second-order valence-electron chi connectivity index (χ2n) is 5.86. The SMILES string of the molecule is O=C(O)c1ccc(NC(=O)N2CCNCC2COc2cccnc2)cc1. The van der Waals surface area contributed by atoms with Gasteiger partial charge in [0.15, 0.2) is 0 Å². The number of hydrogen-bond acceptors (Lipinski definition) is 5. The van der Waals surface area contributed by atoms with Crippen LogP contribution in [0.4, 0.5) is 10.5 Å². The third-order valence-electron chi connectivity index (χ3n) is 4.07. The molecule has 1 fully saturated rings. The fourth-order valence-electron chi connectivity index (χ4n) is 2.69. The number of hydrogen-bond donors (Lipinski definition) is 3. The van der Waals surface area contributed by atoms with Gasteiger partial charge in [-0.05, 0) is 36.4 Å². The molecule has 0 saturated carbocycles. The molecule has 0 radical (unpaired) electrons. The Morgan fingerprint density at radius 3 is 2.81 bits per heavy atom. The van der Waals surface area contributed by atoms with Crippen molar-refractivity contribution < 1.29 is 19.4 Å². The van der Waals surface area contributed by atoms with Crippen LogP contribution in [-0.2, 0) is 0 Å². The summed E-state index contributed by atoms with van der Waals surface area (Å²) in [6.07, 6.45) is 3.30. The number of carbonyl (C=O) groups excluding carboxylic acids is 1. The number of nitrogens with zero attached hydrogens (tertiary/aromatic N) is 2. The van der Waals surface area contributed by atoms with E-state index >= 15 is 0 Å². The van der Waals surface area contributed by atoms with Gasteiger partial charge < -0.3 is 25.4 Å². The molecule has 136 valence electrons. The minimum absolute atomic E-state index is 0.123. The summed E-state index contributed by atoms with van der Waals surface area (Å²) < 4.78 is 5.73. The summed E-state index contributed by atoms with van der Waals surface area (Å²) in [6.45, 7) is 2.24. The molecule has 26 heavy (non-hydrogen) atoms. The number of urea groups is 1. The van der Waals surface area contributed by atoms with Gasteiger partial charge in [-0.3, -0.25) is 4.98 Å². The molecule has 1 aromatic carbocycles. The van der Waals surface area contributed by atoms with Crippen LogP contribution in [0.2, 0.25) is 0 Å². The van der Waals surface area contributed by atoms with Crippen LogP contribution in [0, 0.1) is 0 Å². The summed E-state index contributed by atoms with van der Waals surface area (Å²) in [5.41, 5.74) is 0.721. The van der Waals surface area contributed by atoms with Gasteiger partial charge in [-0.2, -0.15) is 0 Å². The van der Waals surface area contributed by atoms with Crippen LogP contribution in [0.25, 0.3) is 0 Å². The summed E-state index contributed by atoms with van der Waals surface area (Å²) in [5.74, 6) is -0.347. The maximum absolute atomic E-state index is 12.6. The fraction of sp³-hybridized carbons (Fsp3) is 0.278. The monoisotopic (exact) mass is 356 g/mol. The highest BCUT2D eigenvalue weighted by Gasteiger charge is 2.27. The zero-order valence-corrected chi connectivity index (χ0v) is 14.1. The molecular formula is C18H20N4O4. The topological polar surface area (TPSA) is 104 Å². The molecule has 0 aliphatic carbocycles. The van der Waals surface area contributed by atoms with Crippen LogP contribution in [0.15, 0.2) is 48.8 Å². The molecule has 3 N–H and O–H groups in total. The number of carbonyl (C=O) groups is 2. The Morgan fingerprint density at radius 2 is 2.12 bits per heavy atom. The van der Waals surface area contributed by atoms with E-state index in [1.165, 1.54) is 12.1 Å². The van der Waals surface area contributed by atoms with Crippen molar-refractivity contribution in [3.05, 3.63) is 54.4 Å². The van der Waals surface area contributed by atoms with E-state index in [1.807, 2.05) is 6.07 Å². The lowest BCUT2D eigenvalue weighted by Crippen LogP contribution is -2.57. The molecule has 1 saturated heterocycles. The van der Waals surface area contributed by atoms with E-state index in [2.05, 4.69) is 15.6 Å². The molecule has 1 aliphatic rings. The zero-order valence-electron chi connectivity index (χ0n) is 14.1. The fourth-order valence-corrected chi connectivity index (χ4v) is 2.69. The predicted octanol–water partition coefficient (Wildman–Crippen LogP) is 1.66. The molecule has 1 atom stereocenters. The standard InChI is InChI=1S/C18H20N4O4/c23-17(24)13-3-5-14(6-4-13)21-18(25)22-9-8-20-10-15(22)12-26-16-2-1-7-19-11-16/h1-7,11,15,20H,8-10,12H2,(H,21,25)(H,23,24). The second kappa shape index (κ2) is 8.30. The predicted molar refractivity (Wildman–Crippen MR) is 95.5 cm³/mol. The largest absolute Gasteiger partial charge is 0.490 e. The molecule has 2 heterocycles. The number of ether oxygens (including phenoxy) is 1. The lowest BCUT2D eigenvalue weighted by atomic mass is 10.2. The van der Waals surface area contributed by atoms with Gasteiger partial charge >= 0.3 is 12.0 Å². The van der Waals surface area contributed by atoms with Gasteiger partial charge in [-0.15, -0.1) is 0 Å². The van der Waals surface area contributed by atoms with E-state index in [9.17, 15) is 9.59 Å². The van der Waals surface area contributed by atoms with Crippen molar-refractivity contribution in [1.82, 2.24) is 15.2 Å². The molecule has 1 aliphatic heterocycles. The molecule has 1 unspecified atom stereocenters. The van der Waals surface area contributed by atoms with Crippen molar-refractivity contribution in [2.45, 2.75) is 6.04 Å². The number of aromatic carboxylic acids is 1. The van der Waals surface area contributed by atoms with Gasteiger partial charge in [0.2, 0.25) is 0 Å². The molecule has 0 spiro atoms. The minimum atomic E-state index is -1.00. The number of anilines is 1. The highest BCUT2D eigenvalue weighted by molar-refractivity contribution is 5.91. The van der Waals surface area contributed by atoms with Gasteiger partial charge in [0.1, 0.15) is 12.4 Å². The number of rotatable bonds is 5. The quantitative estimate of drug-likeness (QED) is 0.753. The highest BCUT2D eigenvalue weighted by atomic mass is 16.5. The second-order valence-corrected chi connectivity index (χ2v) is 5.86. The van der Waals surface area contributed by atoms with Crippen LogP contribution < -0.4 is 15.4 Å². The third-order valence-corrected chi connectivity index (χ3v) is 4.07. The average Bonchev–Trinajstić information content (AvgIpc) is 2.68. The van der Waals surface area contributed by atoms with Gasteiger partial charge in [0.25, 0.3) is 0 Å². The number of carboxylic acid groups (broad SMARTS) is 1. The average molecular weight is 356 g/mol. The molecule has 8 nitrogen and oxygen atoms in total. The van der Waals surface area contributed by atoms with Crippen LogP contribution >= 0.6 is 0 Å². The lowest BCUT2D eigenvalue weighted by Gasteiger charge is -2.35. The zero-order chi connectivity index (χ0) is 18.4. The molecule has 3 rings (SSSR count). The first-order valence-electron chi connectivity index (χ1n) is 8.28. The summed E-state index contributed by atoms with van der Waals surface area (Å²) in [5, 5.41) is 15.0. The van der Waals surface area contributed by atoms with Crippen LogP contribution in [0.3, 0.4) is 0 Å². The number of amides is 2. The van der Waals surface area contributed by atoms with Gasteiger partial charge in [0, 0.05) is 31.5 Å². The highest BCUT2D eigenvalue weighted by Crippen LogP contribution is 2.14. The molecule has 1 aromatic heterocycles. The Morgan fingerprint density at radius 1 is 1.31 bits per heavy atom. The molecule has 8 heteroatoms. The molecular weight excluding hydrogens is 336 g/mol. The Bertz CT molecular complexity index is 752. The number of pyridine rings is 1. The van der Waals surface area contributed by atoms with E-state index < -0.39 is 5.97 Å². The Labute approximate surface area is 150 Å². The van der Waals surface area contributed by atoms with Crippen molar-refractivity contribution in [2.24, 2.45) is 0 Å². The number of carboxylic acids is 1. The maximum Gasteiger partial charge on any atom is 0.335 e. The van der Waals surface area contributed by atoms with E-state index in [-0.39, 0.29) is 17.6 Å². The van der Waals surface area contributed by atoms with Crippen molar-refractivity contribution in [3.8, 4) is 5.75 Å². The smallest absolute Gasteiger partial charge is 0.335 e. The first-order valence-corrected chi connectivity index (χ1v) is 8.28. The van der Waals surface area contributed by atoms with Crippen molar-refractivity contribution >= 4 is 17.7 Å². The first kappa shape index (κ1) is 17.7. The van der Waals surface area contributed by atoms with Crippen molar-refractivity contribution in [3.63, 3.8) is 0 Å². The van der Waals surface area contributed by atoms with Gasteiger partial charge in [0.05, 0.1) is 17.8 Å². The maximum atomic E-state index is 12.6. The Balaban J connectivity index is 1.61. The number of aromatic nitrogens is 1. The van der Waals surface area contributed by atoms with E-state index in [1.54, 1.807) is 35.5 Å². The van der Waals surface area contributed by atoms with Gasteiger partial charge in [-0.25, -0.2) is 9.59 Å². The van der Waals surface area contributed by atoms with E-state index in [0.717, 1.165) is 0 Å². The number of nitrogens with one attached hydrogen (secondary N) is 2. The van der Waals surface area contributed by atoms with Crippen LogP contribution in [0.1, 0.15) is 10.4 Å². The summed E-state index contributed by atoms with van der Waals surface area (Å²) in [7, 11) is 0. The minimum Gasteiger partial charge on any atom is -0.490 e. The van der Waals surface area contributed by atoms with Crippen molar-refractivity contribution in [1.29, 1.82) is 0 Å². The summed E-state index contributed by atoms with van der Waals surface area (Å²) in [6, 6.07) is 9.31. The first-order chi connectivity index (χ1) is 12.6. The van der Waals surface area contributed by atoms with Gasteiger partial charge in [-0.1, -0.05) is 0 Å². The Hall–Kier alpha value is -3.13. The van der Waals surface area contributed by atoms with E-state index in [4.69, 9.17) is 9.84 Å². The molecule has 2 amide bonds. The molecule has 2 aromatic rings. The van der Waals surface area contributed by atoms with Crippen LogP contribution in [0.5, 0.6) is 5.75 Å². The summed E-state index contributed by atoms with van der Waals surface area (Å²) >= 11 is 0. The van der Waals surface area contributed by atoms with E-state index in [0.29, 0.717) is 37.7 Å². The van der Waals surface area contributed by atoms with Crippen molar-refractivity contribution in [2.75, 3.05) is 31.6 Å². The lowest BCUT2D eigenvalue weighted by molar-refractivity contribution is 0.0697. The normalized spacial score (nSPS) is 16.8. The number of piperazine rings is 1. The third kappa shape index (κ3) is 4.48. The Kier molecular flexibility index (Phi) is 5.65. The summed E-state index contributed by atoms with van der Waals surface area (Å²) in [4.78, 5) is 29.2. The van der Waals surface area contributed by atoms with Crippen LogP contribution in [-0.4, -0.2) is 59.3 Å².